The van der Waals surface area contributed by atoms with E-state index >= 15 is 0 Å². The molecule has 7 nitrogen and oxygen atoms in total. The lowest BCUT2D eigenvalue weighted by Crippen LogP contribution is -2.50. The number of rotatable bonds is 8. The molecule has 2 heterocycles. The highest BCUT2D eigenvalue weighted by molar-refractivity contribution is 5.81. The van der Waals surface area contributed by atoms with Gasteiger partial charge in [-0.25, -0.2) is 4.98 Å². The van der Waals surface area contributed by atoms with Crippen molar-refractivity contribution >= 4 is 11.9 Å². The third kappa shape index (κ3) is 5.94. The normalized spacial score (nSPS) is 24.8. The van der Waals surface area contributed by atoms with E-state index in [-0.39, 0.29) is 29.8 Å². The zero-order valence-electron chi connectivity index (χ0n) is 18.3. The third-order valence-electron chi connectivity index (χ3n) is 6.08. The Morgan fingerprint density at radius 2 is 2.00 bits per heavy atom. The van der Waals surface area contributed by atoms with Crippen molar-refractivity contribution < 1.29 is 19.1 Å². The Morgan fingerprint density at radius 1 is 1.17 bits per heavy atom. The fourth-order valence-electron chi connectivity index (χ4n) is 4.60. The smallest absolute Gasteiger partial charge is 0.311 e. The molecule has 0 bridgehead atoms. The predicted octanol–water partition coefficient (Wildman–Crippen LogP) is 2.93. The molecular formula is C23H35N3O4. The van der Waals surface area contributed by atoms with E-state index in [1.807, 2.05) is 26.0 Å². The molecule has 3 atom stereocenters. The first-order chi connectivity index (χ1) is 14.6. The number of amides is 1. The molecule has 0 spiro atoms. The van der Waals surface area contributed by atoms with Crippen LogP contribution in [0.15, 0.2) is 18.3 Å². The van der Waals surface area contributed by atoms with Crippen LogP contribution in [-0.2, 0) is 20.9 Å². The summed E-state index contributed by atoms with van der Waals surface area (Å²) in [6, 6.07) is 3.85. The van der Waals surface area contributed by atoms with Gasteiger partial charge in [-0.2, -0.15) is 0 Å². The van der Waals surface area contributed by atoms with Crippen LogP contribution >= 0.6 is 0 Å². The Hall–Kier alpha value is -2.15. The van der Waals surface area contributed by atoms with Crippen molar-refractivity contribution in [3.8, 4) is 5.88 Å². The molecule has 0 radical (unpaired) electrons. The van der Waals surface area contributed by atoms with Crippen molar-refractivity contribution in [2.45, 2.75) is 65.0 Å². The summed E-state index contributed by atoms with van der Waals surface area (Å²) in [5.41, 5.74) is 1.05. The zero-order chi connectivity index (χ0) is 21.3. The summed E-state index contributed by atoms with van der Waals surface area (Å²) in [5, 5.41) is 3.19. The highest BCUT2D eigenvalue weighted by atomic mass is 16.5. The van der Waals surface area contributed by atoms with Crippen LogP contribution in [0.4, 0.5) is 0 Å². The van der Waals surface area contributed by atoms with Crippen molar-refractivity contribution in [1.29, 1.82) is 0 Å². The maximum absolute atomic E-state index is 13.0. The quantitative estimate of drug-likeness (QED) is 0.655. The van der Waals surface area contributed by atoms with E-state index < -0.39 is 0 Å². The van der Waals surface area contributed by atoms with Crippen LogP contribution in [0.5, 0.6) is 5.88 Å². The lowest BCUT2D eigenvalue weighted by Gasteiger charge is -2.35. The van der Waals surface area contributed by atoms with Crippen molar-refractivity contribution in [2.24, 2.45) is 11.8 Å². The molecule has 0 aromatic carbocycles. The number of piperidine rings is 1. The molecule has 1 unspecified atom stereocenters. The predicted molar refractivity (Wildman–Crippen MR) is 114 cm³/mol. The molecule has 1 saturated carbocycles. The molecule has 7 heteroatoms. The summed E-state index contributed by atoms with van der Waals surface area (Å²) in [4.78, 5) is 32.0. The number of carbonyl (C=O) groups is 2. The van der Waals surface area contributed by atoms with Crippen LogP contribution < -0.4 is 10.1 Å². The van der Waals surface area contributed by atoms with E-state index in [0.717, 1.165) is 57.2 Å². The van der Waals surface area contributed by atoms with Gasteiger partial charge in [0.25, 0.3) is 0 Å². The van der Waals surface area contributed by atoms with Gasteiger partial charge in [0.15, 0.2) is 0 Å². The standard InChI is InChI=1S/C23H35N3O4/c1-3-29-22-18(9-7-13-24-22)16-26-14-8-10-17(15-26)21(27)25-20-12-6-5-11-19(20)23(28)30-4-2/h7,9,13,17,19-20H,3-6,8,10-12,14-16H2,1-2H3,(H,25,27)/t17?,19-,20+/m1/s1. The second kappa shape index (κ2) is 11.3. The average molecular weight is 418 g/mol. The minimum absolute atomic E-state index is 0.0595. The van der Waals surface area contributed by atoms with E-state index in [0.29, 0.717) is 25.6 Å². The summed E-state index contributed by atoms with van der Waals surface area (Å²) < 4.78 is 10.9. The molecule has 1 N–H and O–H groups in total. The van der Waals surface area contributed by atoms with Crippen LogP contribution in [0.2, 0.25) is 0 Å². The highest BCUT2D eigenvalue weighted by Crippen LogP contribution is 2.27. The Bertz CT molecular complexity index is 711. The summed E-state index contributed by atoms with van der Waals surface area (Å²) in [6.07, 6.45) is 7.30. The molecule has 30 heavy (non-hydrogen) atoms. The lowest BCUT2D eigenvalue weighted by atomic mass is 9.84. The number of ether oxygens (including phenoxy) is 2. The van der Waals surface area contributed by atoms with Gasteiger partial charge in [-0.3, -0.25) is 14.5 Å². The van der Waals surface area contributed by atoms with E-state index in [4.69, 9.17) is 9.47 Å². The summed E-state index contributed by atoms with van der Waals surface area (Å²) in [7, 11) is 0. The van der Waals surface area contributed by atoms with Crippen LogP contribution in [0, 0.1) is 11.8 Å². The second-order valence-electron chi connectivity index (χ2n) is 8.23. The zero-order valence-corrected chi connectivity index (χ0v) is 18.3. The minimum atomic E-state index is -0.216. The first-order valence-corrected chi connectivity index (χ1v) is 11.4. The molecular weight excluding hydrogens is 382 g/mol. The number of likely N-dealkylation sites (tertiary alicyclic amines) is 1. The Morgan fingerprint density at radius 3 is 2.80 bits per heavy atom. The summed E-state index contributed by atoms with van der Waals surface area (Å²) >= 11 is 0. The van der Waals surface area contributed by atoms with Crippen LogP contribution in [0.25, 0.3) is 0 Å². The number of pyridine rings is 1. The molecule has 2 aliphatic rings. The van der Waals surface area contributed by atoms with E-state index in [1.54, 1.807) is 6.20 Å². The third-order valence-corrected chi connectivity index (χ3v) is 6.08. The Kier molecular flexibility index (Phi) is 8.49. The van der Waals surface area contributed by atoms with Crippen molar-refractivity contribution in [1.82, 2.24) is 15.2 Å². The van der Waals surface area contributed by atoms with Gasteiger partial charge in [0, 0.05) is 30.9 Å². The number of hydrogen-bond donors (Lipinski definition) is 1. The number of hydrogen-bond acceptors (Lipinski definition) is 6. The number of nitrogens with one attached hydrogen (secondary N) is 1. The molecule has 1 aliphatic carbocycles. The van der Waals surface area contributed by atoms with Gasteiger partial charge in [-0.15, -0.1) is 0 Å². The van der Waals surface area contributed by atoms with Gasteiger partial charge in [-0.1, -0.05) is 18.9 Å². The molecule has 2 fully saturated rings. The first-order valence-electron chi connectivity index (χ1n) is 11.4. The van der Waals surface area contributed by atoms with E-state index in [2.05, 4.69) is 15.2 Å². The second-order valence-corrected chi connectivity index (χ2v) is 8.23. The number of aromatic nitrogens is 1. The van der Waals surface area contributed by atoms with Crippen molar-refractivity contribution in [3.63, 3.8) is 0 Å². The monoisotopic (exact) mass is 417 g/mol. The van der Waals surface area contributed by atoms with Gasteiger partial charge in [0.2, 0.25) is 11.8 Å². The lowest BCUT2D eigenvalue weighted by molar-refractivity contribution is -0.150. The largest absolute Gasteiger partial charge is 0.478 e. The molecule has 1 aromatic rings. The molecule has 3 rings (SSSR count). The van der Waals surface area contributed by atoms with E-state index in [1.165, 1.54) is 0 Å². The van der Waals surface area contributed by atoms with Crippen LogP contribution in [0.3, 0.4) is 0 Å². The van der Waals surface area contributed by atoms with Crippen molar-refractivity contribution in [3.05, 3.63) is 23.9 Å². The number of nitrogens with zero attached hydrogens (tertiary/aromatic N) is 2. The van der Waals surface area contributed by atoms with Crippen LogP contribution in [-0.4, -0.2) is 54.1 Å². The summed E-state index contributed by atoms with van der Waals surface area (Å²) in [5.74, 6) is 0.290. The SMILES string of the molecule is CCOC(=O)[C@@H]1CCCC[C@@H]1NC(=O)C1CCCN(Cc2cccnc2OCC)C1. The van der Waals surface area contributed by atoms with E-state index in [9.17, 15) is 9.59 Å². The van der Waals surface area contributed by atoms with Gasteiger partial charge in [0.05, 0.1) is 25.0 Å². The Labute approximate surface area is 179 Å². The number of esters is 1. The first kappa shape index (κ1) is 22.5. The van der Waals surface area contributed by atoms with Gasteiger partial charge in [0.1, 0.15) is 0 Å². The van der Waals surface area contributed by atoms with Gasteiger partial charge in [-0.05, 0) is 52.1 Å². The fourth-order valence-corrected chi connectivity index (χ4v) is 4.60. The molecule has 1 saturated heterocycles. The number of carbonyl (C=O) groups excluding carboxylic acids is 2. The Balaban J connectivity index is 1.58. The minimum Gasteiger partial charge on any atom is -0.478 e. The maximum Gasteiger partial charge on any atom is 0.311 e. The average Bonchev–Trinajstić information content (AvgIpc) is 2.76. The van der Waals surface area contributed by atoms with Crippen LogP contribution in [0.1, 0.15) is 57.9 Å². The van der Waals surface area contributed by atoms with Gasteiger partial charge >= 0.3 is 5.97 Å². The summed E-state index contributed by atoms with van der Waals surface area (Å²) in [6.45, 7) is 7.13. The molecule has 1 aromatic heterocycles. The fraction of sp³-hybridized carbons (Fsp3) is 0.696. The van der Waals surface area contributed by atoms with Gasteiger partial charge < -0.3 is 14.8 Å². The molecule has 1 amide bonds. The topological polar surface area (TPSA) is 80.8 Å². The maximum atomic E-state index is 13.0. The highest BCUT2D eigenvalue weighted by Gasteiger charge is 2.35. The molecule has 166 valence electrons. The molecule has 1 aliphatic heterocycles. The van der Waals surface area contributed by atoms with Crippen molar-refractivity contribution in [2.75, 3.05) is 26.3 Å².